The van der Waals surface area contributed by atoms with Gasteiger partial charge in [0.05, 0.1) is 6.10 Å². The number of rotatable bonds is 4. The minimum atomic E-state index is 0.0578. The van der Waals surface area contributed by atoms with E-state index in [1.54, 1.807) is 0 Å². The van der Waals surface area contributed by atoms with Crippen molar-refractivity contribution in [2.75, 3.05) is 19.7 Å². The predicted molar refractivity (Wildman–Crippen MR) is 66.9 cm³/mol. The summed E-state index contributed by atoms with van der Waals surface area (Å²) in [6.07, 6.45) is 8.53. The molecular formula is C13H24N2O2. The highest BCUT2D eigenvalue weighted by Gasteiger charge is 2.18. The van der Waals surface area contributed by atoms with Gasteiger partial charge in [0.25, 0.3) is 0 Å². The standard InChI is InChI=1S/C13H24N2O2/c16-13(15-11-5-2-1-3-6-11)10-17-12-7-4-8-14-9-12/h11-12,14H,1-10H2,(H,15,16). The summed E-state index contributed by atoms with van der Waals surface area (Å²) in [5, 5.41) is 6.36. The van der Waals surface area contributed by atoms with Gasteiger partial charge in [-0.25, -0.2) is 0 Å². The molecule has 0 aromatic carbocycles. The number of hydrogen-bond acceptors (Lipinski definition) is 3. The number of hydrogen-bond donors (Lipinski definition) is 2. The zero-order valence-electron chi connectivity index (χ0n) is 10.5. The highest BCUT2D eigenvalue weighted by Crippen LogP contribution is 2.17. The Morgan fingerprint density at radius 1 is 1.18 bits per heavy atom. The van der Waals surface area contributed by atoms with E-state index in [2.05, 4.69) is 10.6 Å². The highest BCUT2D eigenvalue weighted by molar-refractivity contribution is 5.77. The van der Waals surface area contributed by atoms with Crippen LogP contribution in [0.25, 0.3) is 0 Å². The SMILES string of the molecule is O=C(COC1CCCNC1)NC1CCCCC1. The van der Waals surface area contributed by atoms with Gasteiger partial charge in [-0.2, -0.15) is 0 Å². The Bertz CT molecular complexity index is 234. The second kappa shape index (κ2) is 6.97. The fraction of sp³-hybridized carbons (Fsp3) is 0.923. The summed E-state index contributed by atoms with van der Waals surface area (Å²) in [7, 11) is 0. The van der Waals surface area contributed by atoms with Crippen LogP contribution in [0.5, 0.6) is 0 Å². The Balaban J connectivity index is 1.59. The number of amides is 1. The lowest BCUT2D eigenvalue weighted by atomic mass is 9.95. The lowest BCUT2D eigenvalue weighted by molar-refractivity contribution is -0.129. The van der Waals surface area contributed by atoms with Crippen LogP contribution in [-0.4, -0.2) is 37.7 Å². The Hall–Kier alpha value is -0.610. The molecule has 1 atom stereocenters. The fourth-order valence-electron chi connectivity index (χ4n) is 2.67. The predicted octanol–water partition coefficient (Wildman–Crippen LogP) is 1.20. The third-order valence-electron chi connectivity index (χ3n) is 3.67. The van der Waals surface area contributed by atoms with E-state index in [9.17, 15) is 4.79 Å². The topological polar surface area (TPSA) is 50.4 Å². The molecule has 98 valence electrons. The van der Waals surface area contributed by atoms with Crippen molar-refractivity contribution in [1.29, 1.82) is 0 Å². The van der Waals surface area contributed by atoms with Crippen LogP contribution in [0.2, 0.25) is 0 Å². The molecule has 1 unspecified atom stereocenters. The van der Waals surface area contributed by atoms with Crippen molar-refractivity contribution < 1.29 is 9.53 Å². The van der Waals surface area contributed by atoms with Gasteiger partial charge in [-0.3, -0.25) is 4.79 Å². The molecule has 1 heterocycles. The summed E-state index contributed by atoms with van der Waals surface area (Å²) in [5.74, 6) is 0.0578. The second-order valence-electron chi connectivity index (χ2n) is 5.18. The second-order valence-corrected chi connectivity index (χ2v) is 5.18. The average Bonchev–Trinajstić information content (AvgIpc) is 2.39. The van der Waals surface area contributed by atoms with Gasteiger partial charge in [0.2, 0.25) is 5.91 Å². The number of piperidine rings is 1. The van der Waals surface area contributed by atoms with Gasteiger partial charge in [0, 0.05) is 12.6 Å². The van der Waals surface area contributed by atoms with Crippen molar-refractivity contribution in [3.63, 3.8) is 0 Å². The maximum absolute atomic E-state index is 11.7. The molecule has 1 aliphatic heterocycles. The number of carbonyl (C=O) groups is 1. The number of carbonyl (C=O) groups excluding carboxylic acids is 1. The molecule has 1 saturated carbocycles. The van der Waals surface area contributed by atoms with Crippen molar-refractivity contribution in [2.24, 2.45) is 0 Å². The maximum Gasteiger partial charge on any atom is 0.246 e. The van der Waals surface area contributed by atoms with Crippen molar-refractivity contribution in [1.82, 2.24) is 10.6 Å². The van der Waals surface area contributed by atoms with E-state index < -0.39 is 0 Å². The molecular weight excluding hydrogens is 216 g/mol. The number of ether oxygens (including phenoxy) is 1. The van der Waals surface area contributed by atoms with Crippen LogP contribution in [0.15, 0.2) is 0 Å². The Kier molecular flexibility index (Phi) is 5.26. The van der Waals surface area contributed by atoms with Gasteiger partial charge in [0.15, 0.2) is 0 Å². The monoisotopic (exact) mass is 240 g/mol. The first-order valence-electron chi connectivity index (χ1n) is 6.96. The molecule has 4 heteroatoms. The van der Waals surface area contributed by atoms with Crippen LogP contribution in [-0.2, 0) is 9.53 Å². The average molecular weight is 240 g/mol. The van der Waals surface area contributed by atoms with Crippen molar-refractivity contribution in [3.05, 3.63) is 0 Å². The summed E-state index contributed by atoms with van der Waals surface area (Å²) in [4.78, 5) is 11.7. The Morgan fingerprint density at radius 3 is 2.71 bits per heavy atom. The van der Waals surface area contributed by atoms with Gasteiger partial charge < -0.3 is 15.4 Å². The molecule has 1 aliphatic carbocycles. The van der Waals surface area contributed by atoms with Crippen LogP contribution in [0.3, 0.4) is 0 Å². The molecule has 1 amide bonds. The first-order chi connectivity index (χ1) is 8.34. The van der Waals surface area contributed by atoms with E-state index in [-0.39, 0.29) is 18.6 Å². The summed E-state index contributed by atoms with van der Waals surface area (Å²) < 4.78 is 5.61. The third kappa shape index (κ3) is 4.64. The van der Waals surface area contributed by atoms with E-state index in [0.29, 0.717) is 6.04 Å². The molecule has 2 N–H and O–H groups in total. The van der Waals surface area contributed by atoms with E-state index in [4.69, 9.17) is 4.74 Å². The minimum absolute atomic E-state index is 0.0578. The minimum Gasteiger partial charge on any atom is -0.367 e. The van der Waals surface area contributed by atoms with Crippen molar-refractivity contribution in [2.45, 2.75) is 57.1 Å². The van der Waals surface area contributed by atoms with Gasteiger partial charge in [-0.1, -0.05) is 19.3 Å². The fourth-order valence-corrected chi connectivity index (χ4v) is 2.67. The van der Waals surface area contributed by atoms with E-state index in [0.717, 1.165) is 38.8 Å². The smallest absolute Gasteiger partial charge is 0.246 e. The van der Waals surface area contributed by atoms with E-state index in [1.165, 1.54) is 19.3 Å². The Labute approximate surface area is 103 Å². The summed E-state index contributed by atoms with van der Waals surface area (Å²) >= 11 is 0. The van der Waals surface area contributed by atoms with Gasteiger partial charge in [-0.15, -0.1) is 0 Å². The van der Waals surface area contributed by atoms with Crippen molar-refractivity contribution in [3.8, 4) is 0 Å². The molecule has 0 aromatic heterocycles. The van der Waals surface area contributed by atoms with Crippen LogP contribution in [0.1, 0.15) is 44.9 Å². The number of nitrogens with one attached hydrogen (secondary N) is 2. The van der Waals surface area contributed by atoms with Gasteiger partial charge in [0.1, 0.15) is 6.61 Å². The van der Waals surface area contributed by atoms with Crippen LogP contribution in [0.4, 0.5) is 0 Å². The third-order valence-corrected chi connectivity index (χ3v) is 3.67. The van der Waals surface area contributed by atoms with Gasteiger partial charge >= 0.3 is 0 Å². The highest BCUT2D eigenvalue weighted by atomic mass is 16.5. The van der Waals surface area contributed by atoms with Crippen LogP contribution in [0, 0.1) is 0 Å². The summed E-state index contributed by atoms with van der Waals surface area (Å²) in [5.41, 5.74) is 0. The largest absolute Gasteiger partial charge is 0.367 e. The van der Waals surface area contributed by atoms with E-state index >= 15 is 0 Å². The van der Waals surface area contributed by atoms with Crippen LogP contribution >= 0.6 is 0 Å². The molecule has 2 rings (SSSR count). The summed E-state index contributed by atoms with van der Waals surface area (Å²) in [6, 6.07) is 0.393. The molecule has 0 radical (unpaired) electrons. The summed E-state index contributed by atoms with van der Waals surface area (Å²) in [6.45, 7) is 2.19. The zero-order chi connectivity index (χ0) is 11.9. The van der Waals surface area contributed by atoms with Gasteiger partial charge in [-0.05, 0) is 32.2 Å². The molecule has 4 nitrogen and oxygen atoms in total. The zero-order valence-corrected chi connectivity index (χ0v) is 10.5. The maximum atomic E-state index is 11.7. The quantitative estimate of drug-likeness (QED) is 0.776. The molecule has 2 fully saturated rings. The lowest BCUT2D eigenvalue weighted by Gasteiger charge is -2.25. The van der Waals surface area contributed by atoms with E-state index in [1.807, 2.05) is 0 Å². The normalized spacial score (nSPS) is 26.7. The molecule has 1 saturated heterocycles. The first-order valence-corrected chi connectivity index (χ1v) is 6.96. The molecule has 0 aromatic rings. The molecule has 0 spiro atoms. The first kappa shape index (κ1) is 12.8. The molecule has 17 heavy (non-hydrogen) atoms. The molecule has 2 aliphatic rings. The van der Waals surface area contributed by atoms with Crippen LogP contribution < -0.4 is 10.6 Å². The Morgan fingerprint density at radius 2 is 2.00 bits per heavy atom. The lowest BCUT2D eigenvalue weighted by Crippen LogP contribution is -2.41. The molecule has 0 bridgehead atoms. The van der Waals surface area contributed by atoms with Crippen molar-refractivity contribution >= 4 is 5.91 Å².